The fraction of sp³-hybridized carbons (Fsp3) is 0.438. The van der Waals surface area contributed by atoms with Gasteiger partial charge in [-0.2, -0.15) is 0 Å². The van der Waals surface area contributed by atoms with E-state index in [0.717, 1.165) is 48.3 Å². The molecule has 0 N–H and O–H groups in total. The number of ether oxygens (including phenoxy) is 1. The van der Waals surface area contributed by atoms with Crippen LogP contribution < -0.4 is 4.74 Å². The summed E-state index contributed by atoms with van der Waals surface area (Å²) in [5, 5.41) is 0. The van der Waals surface area contributed by atoms with Crippen molar-refractivity contribution in [2.24, 2.45) is 17.8 Å². The zero-order chi connectivity index (χ0) is 25.1. The molecule has 1 nitrogen and oxygen atoms in total. The largest absolute Gasteiger partial charge is 0.486 e. The molecule has 3 aromatic rings. The van der Waals surface area contributed by atoms with Gasteiger partial charge in [0.2, 0.25) is 0 Å². The molecule has 3 aromatic carbocycles. The van der Waals surface area contributed by atoms with Crippen LogP contribution >= 0.6 is 0 Å². The number of halogens is 3. The second-order valence-electron chi connectivity index (χ2n) is 10.8. The molecule has 0 aliphatic heterocycles. The predicted octanol–water partition coefficient (Wildman–Crippen LogP) is 9.45. The van der Waals surface area contributed by atoms with Crippen LogP contribution in [-0.2, 0) is 6.61 Å². The lowest BCUT2D eigenvalue weighted by molar-refractivity contribution is 0.114. The van der Waals surface area contributed by atoms with Gasteiger partial charge in [-0.1, -0.05) is 62.6 Å². The molecule has 0 bridgehead atoms. The van der Waals surface area contributed by atoms with Crippen molar-refractivity contribution in [3.8, 4) is 16.9 Å². The average Bonchev–Trinajstić information content (AvgIpc) is 2.88. The minimum atomic E-state index is -0.636. The zero-order valence-corrected chi connectivity index (χ0v) is 21.0. The van der Waals surface area contributed by atoms with Crippen LogP contribution in [0.4, 0.5) is 13.2 Å². The van der Waals surface area contributed by atoms with Crippen molar-refractivity contribution in [2.45, 2.75) is 70.8 Å². The molecule has 5 rings (SSSR count). The van der Waals surface area contributed by atoms with E-state index in [4.69, 9.17) is 4.74 Å². The van der Waals surface area contributed by atoms with E-state index in [-0.39, 0.29) is 29.4 Å². The Morgan fingerprint density at radius 2 is 1.50 bits per heavy atom. The Balaban J connectivity index is 1.28. The summed E-state index contributed by atoms with van der Waals surface area (Å²) in [5.41, 5.74) is 1.66. The summed E-state index contributed by atoms with van der Waals surface area (Å²) in [6.07, 6.45) is 9.59. The summed E-state index contributed by atoms with van der Waals surface area (Å²) in [4.78, 5) is 0. The monoisotopic (exact) mass is 492 g/mol. The van der Waals surface area contributed by atoms with Gasteiger partial charge in [0.1, 0.15) is 18.2 Å². The van der Waals surface area contributed by atoms with Gasteiger partial charge in [-0.3, -0.25) is 0 Å². The zero-order valence-electron chi connectivity index (χ0n) is 21.0. The molecule has 4 heteroatoms. The van der Waals surface area contributed by atoms with Crippen LogP contribution in [0.15, 0.2) is 60.7 Å². The van der Waals surface area contributed by atoms with Gasteiger partial charge < -0.3 is 4.74 Å². The lowest BCUT2D eigenvalue weighted by Crippen LogP contribution is -2.30. The van der Waals surface area contributed by atoms with Gasteiger partial charge in [-0.25, -0.2) is 13.2 Å². The van der Waals surface area contributed by atoms with E-state index < -0.39 is 17.5 Å². The van der Waals surface area contributed by atoms with Crippen molar-refractivity contribution in [1.82, 2.24) is 0 Å². The SMILES string of the molecule is CCCC1CCC2CC(c3cc(F)c(-c4ccc(OCc5ccccc5)c(F)c4)c(F)c3)CCC2C1. The molecular weight excluding hydrogens is 457 g/mol. The van der Waals surface area contributed by atoms with Gasteiger partial charge in [0.05, 0.1) is 5.56 Å². The molecule has 36 heavy (non-hydrogen) atoms. The van der Waals surface area contributed by atoms with Crippen molar-refractivity contribution < 1.29 is 17.9 Å². The van der Waals surface area contributed by atoms with Crippen LogP contribution in [0.1, 0.15) is 75.3 Å². The highest BCUT2D eigenvalue weighted by Crippen LogP contribution is 2.48. The van der Waals surface area contributed by atoms with Crippen molar-refractivity contribution >= 4 is 0 Å². The third kappa shape index (κ3) is 5.48. The number of hydrogen-bond donors (Lipinski definition) is 0. The van der Waals surface area contributed by atoms with Crippen LogP contribution in [0, 0.1) is 35.2 Å². The first kappa shape index (κ1) is 24.9. The summed E-state index contributed by atoms with van der Waals surface area (Å²) >= 11 is 0. The molecule has 4 atom stereocenters. The van der Waals surface area contributed by atoms with Crippen molar-refractivity contribution in [3.63, 3.8) is 0 Å². The maximum atomic E-state index is 15.2. The highest BCUT2D eigenvalue weighted by molar-refractivity contribution is 5.66. The summed E-state index contributed by atoms with van der Waals surface area (Å²) in [6.45, 7) is 2.48. The summed E-state index contributed by atoms with van der Waals surface area (Å²) < 4.78 is 50.8. The van der Waals surface area contributed by atoms with E-state index in [1.165, 1.54) is 56.4 Å². The number of benzene rings is 3. The minimum Gasteiger partial charge on any atom is -0.486 e. The molecule has 4 unspecified atom stereocenters. The lowest BCUT2D eigenvalue weighted by atomic mass is 9.63. The maximum Gasteiger partial charge on any atom is 0.165 e. The molecular formula is C32H35F3O. The van der Waals surface area contributed by atoms with Crippen molar-refractivity contribution in [2.75, 3.05) is 0 Å². The van der Waals surface area contributed by atoms with Gasteiger partial charge in [0, 0.05) is 0 Å². The molecule has 0 amide bonds. The smallest absolute Gasteiger partial charge is 0.165 e. The first-order chi connectivity index (χ1) is 17.5. The summed E-state index contributed by atoms with van der Waals surface area (Å²) in [7, 11) is 0. The normalized spacial score (nSPS) is 23.8. The van der Waals surface area contributed by atoms with E-state index in [2.05, 4.69) is 6.92 Å². The maximum absolute atomic E-state index is 15.2. The second kappa shape index (κ2) is 11.1. The number of fused-ring (bicyclic) bond motifs is 1. The Bertz CT molecular complexity index is 1150. The fourth-order valence-electron chi connectivity index (χ4n) is 6.57. The van der Waals surface area contributed by atoms with Crippen LogP contribution in [0.3, 0.4) is 0 Å². The molecule has 2 aliphatic rings. The molecule has 2 aliphatic carbocycles. The molecule has 0 heterocycles. The fourth-order valence-corrected chi connectivity index (χ4v) is 6.57. The standard InChI is InChI=1S/C32H35F3O/c1-2-6-21-9-10-24-16-25(12-11-23(24)15-21)27-18-29(34)32(30(35)19-27)26-13-14-31(28(33)17-26)36-20-22-7-4-3-5-8-22/h3-5,7-8,13-14,17-19,21,23-25H,2,6,9-12,15-16,20H2,1H3. The Labute approximate surface area is 212 Å². The van der Waals surface area contributed by atoms with Crippen LogP contribution in [0.25, 0.3) is 11.1 Å². The molecule has 0 aromatic heterocycles. The highest BCUT2D eigenvalue weighted by atomic mass is 19.1. The average molecular weight is 493 g/mol. The Morgan fingerprint density at radius 3 is 2.22 bits per heavy atom. The number of rotatable bonds is 7. The van der Waals surface area contributed by atoms with E-state index in [1.807, 2.05) is 30.3 Å². The van der Waals surface area contributed by atoms with Crippen LogP contribution in [0.5, 0.6) is 5.75 Å². The Kier molecular flexibility index (Phi) is 7.69. The van der Waals surface area contributed by atoms with Gasteiger partial charge in [-0.15, -0.1) is 0 Å². The van der Waals surface area contributed by atoms with Gasteiger partial charge in [-0.05, 0) is 96.7 Å². The van der Waals surface area contributed by atoms with Gasteiger partial charge >= 0.3 is 0 Å². The Morgan fingerprint density at radius 1 is 0.778 bits per heavy atom. The third-order valence-corrected chi connectivity index (χ3v) is 8.41. The second-order valence-corrected chi connectivity index (χ2v) is 10.8. The van der Waals surface area contributed by atoms with Crippen molar-refractivity contribution in [1.29, 1.82) is 0 Å². The van der Waals surface area contributed by atoms with Gasteiger partial charge in [0.15, 0.2) is 11.6 Å². The number of hydrogen-bond acceptors (Lipinski definition) is 1. The predicted molar refractivity (Wildman–Crippen MR) is 138 cm³/mol. The minimum absolute atomic E-state index is 0.0606. The molecule has 2 fully saturated rings. The van der Waals surface area contributed by atoms with Crippen molar-refractivity contribution in [3.05, 3.63) is 89.2 Å². The quantitative estimate of drug-likeness (QED) is 0.319. The van der Waals surface area contributed by atoms with E-state index >= 15 is 8.78 Å². The molecule has 0 spiro atoms. The van der Waals surface area contributed by atoms with E-state index in [0.29, 0.717) is 5.92 Å². The van der Waals surface area contributed by atoms with E-state index in [1.54, 1.807) is 0 Å². The van der Waals surface area contributed by atoms with Gasteiger partial charge in [0.25, 0.3) is 0 Å². The van der Waals surface area contributed by atoms with Crippen LogP contribution in [-0.4, -0.2) is 0 Å². The molecule has 2 saturated carbocycles. The molecule has 0 radical (unpaired) electrons. The highest BCUT2D eigenvalue weighted by Gasteiger charge is 2.36. The van der Waals surface area contributed by atoms with Crippen LogP contribution in [0.2, 0.25) is 0 Å². The first-order valence-electron chi connectivity index (χ1n) is 13.5. The third-order valence-electron chi connectivity index (χ3n) is 8.41. The topological polar surface area (TPSA) is 9.23 Å². The Hall–Kier alpha value is -2.75. The summed E-state index contributed by atoms with van der Waals surface area (Å²) in [5.74, 6) is 0.655. The summed E-state index contributed by atoms with van der Waals surface area (Å²) in [6, 6.07) is 16.5. The first-order valence-corrected chi connectivity index (χ1v) is 13.5. The molecule has 0 saturated heterocycles. The van der Waals surface area contributed by atoms with E-state index in [9.17, 15) is 4.39 Å². The molecule has 190 valence electrons. The lowest BCUT2D eigenvalue weighted by Gasteiger charge is -2.42.